The zero-order valence-corrected chi connectivity index (χ0v) is 15.5. The number of nitrogens with zero attached hydrogens (tertiary/aromatic N) is 3. The van der Waals surface area contributed by atoms with E-state index >= 15 is 0 Å². The first-order valence-corrected chi connectivity index (χ1v) is 9.32. The van der Waals surface area contributed by atoms with Gasteiger partial charge in [0.1, 0.15) is 6.54 Å². The van der Waals surface area contributed by atoms with E-state index in [1.165, 1.54) is 5.69 Å². The Morgan fingerprint density at radius 3 is 2.48 bits per heavy atom. The van der Waals surface area contributed by atoms with Crippen LogP contribution in [-0.2, 0) is 11.3 Å². The number of benzene rings is 2. The summed E-state index contributed by atoms with van der Waals surface area (Å²) in [7, 11) is 0. The monoisotopic (exact) mass is 397 g/mol. The van der Waals surface area contributed by atoms with Crippen LogP contribution in [0.3, 0.4) is 0 Å². The van der Waals surface area contributed by atoms with Crippen molar-refractivity contribution < 1.29 is 4.79 Å². The number of piperazine rings is 1. The summed E-state index contributed by atoms with van der Waals surface area (Å²) in [4.78, 5) is 17.0. The summed E-state index contributed by atoms with van der Waals surface area (Å²) in [6.07, 6.45) is 2.00. The topological polar surface area (TPSA) is 28.5 Å². The zero-order valence-electron chi connectivity index (χ0n) is 13.9. The van der Waals surface area contributed by atoms with Gasteiger partial charge in [0.25, 0.3) is 0 Å². The fourth-order valence-electron chi connectivity index (χ4n) is 3.39. The Morgan fingerprint density at radius 2 is 1.72 bits per heavy atom. The van der Waals surface area contributed by atoms with E-state index in [-0.39, 0.29) is 5.91 Å². The van der Waals surface area contributed by atoms with Crippen LogP contribution in [0.25, 0.3) is 10.9 Å². The minimum atomic E-state index is 0.185. The molecule has 1 aliphatic rings. The molecule has 25 heavy (non-hydrogen) atoms. The Balaban J connectivity index is 1.41. The summed E-state index contributed by atoms with van der Waals surface area (Å²) in [6.45, 7) is 3.71. The molecule has 0 saturated carbocycles. The van der Waals surface area contributed by atoms with Crippen LogP contribution in [0.5, 0.6) is 0 Å². The normalized spacial score (nSPS) is 14.9. The van der Waals surface area contributed by atoms with Gasteiger partial charge in [-0.25, -0.2) is 0 Å². The third-order valence-corrected chi connectivity index (χ3v) is 5.29. The lowest BCUT2D eigenvalue weighted by Crippen LogP contribution is -2.49. The molecule has 1 aromatic heterocycles. The van der Waals surface area contributed by atoms with Gasteiger partial charge in [-0.05, 0) is 35.7 Å². The lowest BCUT2D eigenvalue weighted by molar-refractivity contribution is -0.132. The number of carbonyl (C=O) groups is 1. The molecule has 1 aliphatic heterocycles. The van der Waals surface area contributed by atoms with Crippen molar-refractivity contribution >= 4 is 38.4 Å². The fourth-order valence-corrected chi connectivity index (χ4v) is 3.74. The average Bonchev–Trinajstić information content (AvgIpc) is 3.04. The molecule has 0 radical (unpaired) electrons. The summed E-state index contributed by atoms with van der Waals surface area (Å²) in [5, 5.41) is 1.16. The number of rotatable bonds is 3. The first kappa shape index (κ1) is 16.2. The highest BCUT2D eigenvalue weighted by molar-refractivity contribution is 9.10. The van der Waals surface area contributed by atoms with Gasteiger partial charge in [-0.15, -0.1) is 0 Å². The van der Waals surface area contributed by atoms with Gasteiger partial charge in [-0.3, -0.25) is 4.79 Å². The van der Waals surface area contributed by atoms with Gasteiger partial charge in [0, 0.05) is 48.1 Å². The number of halogens is 1. The van der Waals surface area contributed by atoms with Gasteiger partial charge in [0.15, 0.2) is 0 Å². The lowest BCUT2D eigenvalue weighted by Gasteiger charge is -2.36. The summed E-state index contributed by atoms with van der Waals surface area (Å²) in [5.41, 5.74) is 2.32. The van der Waals surface area contributed by atoms with Crippen LogP contribution in [0.1, 0.15) is 0 Å². The number of fused-ring (bicyclic) bond motifs is 1. The highest BCUT2D eigenvalue weighted by Gasteiger charge is 2.21. The predicted molar refractivity (Wildman–Crippen MR) is 105 cm³/mol. The van der Waals surface area contributed by atoms with Crippen LogP contribution in [0, 0.1) is 0 Å². The summed E-state index contributed by atoms with van der Waals surface area (Å²) >= 11 is 3.51. The van der Waals surface area contributed by atoms with E-state index < -0.39 is 0 Å². The van der Waals surface area contributed by atoms with Crippen molar-refractivity contribution in [1.82, 2.24) is 9.47 Å². The second-order valence-electron chi connectivity index (χ2n) is 6.35. The Bertz CT molecular complexity index is 882. The second kappa shape index (κ2) is 6.92. The molecule has 4 nitrogen and oxygen atoms in total. The van der Waals surface area contributed by atoms with Crippen LogP contribution in [0.4, 0.5) is 5.69 Å². The number of anilines is 1. The zero-order chi connectivity index (χ0) is 17.2. The summed E-state index contributed by atoms with van der Waals surface area (Å²) in [5.74, 6) is 0.185. The summed E-state index contributed by atoms with van der Waals surface area (Å²) < 4.78 is 3.07. The maximum atomic E-state index is 12.7. The first-order valence-electron chi connectivity index (χ1n) is 8.53. The van der Waals surface area contributed by atoms with Gasteiger partial charge in [-0.2, -0.15) is 0 Å². The second-order valence-corrected chi connectivity index (χ2v) is 7.27. The third kappa shape index (κ3) is 3.42. The molecule has 3 aromatic rings. The van der Waals surface area contributed by atoms with Crippen molar-refractivity contribution in [2.24, 2.45) is 0 Å². The number of amides is 1. The molecule has 0 unspecified atom stereocenters. The molecule has 1 saturated heterocycles. The number of hydrogen-bond donors (Lipinski definition) is 0. The number of aromatic nitrogens is 1. The highest BCUT2D eigenvalue weighted by Crippen LogP contribution is 2.21. The van der Waals surface area contributed by atoms with Crippen molar-refractivity contribution in [3.63, 3.8) is 0 Å². The minimum Gasteiger partial charge on any atom is -0.368 e. The largest absolute Gasteiger partial charge is 0.368 e. The lowest BCUT2D eigenvalue weighted by atomic mass is 10.2. The first-order chi connectivity index (χ1) is 12.2. The van der Waals surface area contributed by atoms with Crippen LogP contribution in [0.15, 0.2) is 65.3 Å². The number of carbonyl (C=O) groups excluding carboxylic acids is 1. The van der Waals surface area contributed by atoms with E-state index in [0.717, 1.165) is 41.6 Å². The van der Waals surface area contributed by atoms with Gasteiger partial charge >= 0.3 is 0 Å². The Hall–Kier alpha value is -2.27. The van der Waals surface area contributed by atoms with Crippen molar-refractivity contribution in [2.75, 3.05) is 31.1 Å². The average molecular weight is 398 g/mol. The molecule has 0 atom stereocenters. The SMILES string of the molecule is O=C(Cn1ccc2ccc(Br)cc21)N1CCN(c2ccccc2)CC1. The molecule has 1 amide bonds. The van der Waals surface area contributed by atoms with E-state index in [1.54, 1.807) is 0 Å². The standard InChI is InChI=1S/C20H20BrN3O/c21-17-7-6-16-8-9-24(19(16)14-17)15-20(25)23-12-10-22(11-13-23)18-4-2-1-3-5-18/h1-9,14H,10-13,15H2. The molecule has 5 heteroatoms. The van der Waals surface area contributed by atoms with Gasteiger partial charge in [0.05, 0.1) is 0 Å². The molecular weight excluding hydrogens is 378 g/mol. The predicted octanol–water partition coefficient (Wildman–Crippen LogP) is 3.75. The smallest absolute Gasteiger partial charge is 0.242 e. The van der Waals surface area contributed by atoms with Crippen LogP contribution in [-0.4, -0.2) is 41.6 Å². The van der Waals surface area contributed by atoms with Crippen LogP contribution < -0.4 is 4.90 Å². The van der Waals surface area contributed by atoms with Crippen molar-refractivity contribution in [2.45, 2.75) is 6.54 Å². The van der Waals surface area contributed by atoms with E-state index in [4.69, 9.17) is 0 Å². The fraction of sp³-hybridized carbons (Fsp3) is 0.250. The van der Waals surface area contributed by atoms with E-state index in [2.05, 4.69) is 63.3 Å². The summed E-state index contributed by atoms with van der Waals surface area (Å²) in [6, 6.07) is 18.6. The molecule has 0 N–H and O–H groups in total. The van der Waals surface area contributed by atoms with E-state index in [9.17, 15) is 4.79 Å². The van der Waals surface area contributed by atoms with E-state index in [0.29, 0.717) is 6.54 Å². The molecule has 4 rings (SSSR count). The maximum Gasteiger partial charge on any atom is 0.242 e. The van der Waals surface area contributed by atoms with Gasteiger partial charge < -0.3 is 14.4 Å². The molecule has 0 aliphatic carbocycles. The molecule has 2 heterocycles. The van der Waals surface area contributed by atoms with Gasteiger partial charge in [0.2, 0.25) is 5.91 Å². The molecule has 0 spiro atoms. The van der Waals surface area contributed by atoms with Crippen LogP contribution >= 0.6 is 15.9 Å². The van der Waals surface area contributed by atoms with Gasteiger partial charge in [-0.1, -0.05) is 40.2 Å². The molecular formula is C20H20BrN3O. The number of para-hydroxylation sites is 1. The highest BCUT2D eigenvalue weighted by atomic mass is 79.9. The Morgan fingerprint density at radius 1 is 0.960 bits per heavy atom. The number of hydrogen-bond acceptors (Lipinski definition) is 2. The quantitative estimate of drug-likeness (QED) is 0.673. The van der Waals surface area contributed by atoms with E-state index in [1.807, 2.05) is 27.8 Å². The van der Waals surface area contributed by atoms with Crippen molar-refractivity contribution in [3.8, 4) is 0 Å². The van der Waals surface area contributed by atoms with Crippen molar-refractivity contribution in [1.29, 1.82) is 0 Å². The molecule has 2 aromatic carbocycles. The Kier molecular flexibility index (Phi) is 4.49. The Labute approximate surface area is 155 Å². The molecule has 128 valence electrons. The maximum absolute atomic E-state index is 12.7. The minimum absolute atomic E-state index is 0.185. The van der Waals surface area contributed by atoms with Crippen LogP contribution in [0.2, 0.25) is 0 Å². The third-order valence-electron chi connectivity index (χ3n) is 4.80. The molecule has 1 fully saturated rings. The van der Waals surface area contributed by atoms with Crippen molar-refractivity contribution in [3.05, 3.63) is 65.3 Å². The molecule has 0 bridgehead atoms.